The second-order valence-electron chi connectivity index (χ2n) is 3.81. The van der Waals surface area contributed by atoms with Gasteiger partial charge in [-0.1, -0.05) is 12.1 Å². The average molecular weight is 231 g/mol. The molecule has 0 N–H and O–H groups in total. The van der Waals surface area contributed by atoms with Gasteiger partial charge in [-0.05, 0) is 18.6 Å². The normalized spacial score (nSPS) is 15.2. The zero-order chi connectivity index (χ0) is 11.0. The van der Waals surface area contributed by atoms with E-state index in [4.69, 9.17) is 0 Å². The van der Waals surface area contributed by atoms with E-state index in [1.54, 1.807) is 17.0 Å². The minimum absolute atomic E-state index is 0. The SMILES string of the molecule is Cc1ccc(C(=O)[O-])c(N2CC(F)C2)c1.[Na+]. The molecule has 2 rings (SSSR count). The maximum Gasteiger partial charge on any atom is 1.00 e. The molecule has 0 aliphatic carbocycles. The van der Waals surface area contributed by atoms with Gasteiger partial charge in [-0.2, -0.15) is 0 Å². The number of halogens is 1. The molecule has 0 aromatic heterocycles. The molecule has 1 aromatic carbocycles. The molecule has 0 radical (unpaired) electrons. The number of benzene rings is 1. The Bertz CT molecular complexity index is 405. The number of rotatable bonds is 2. The Morgan fingerprint density at radius 1 is 1.50 bits per heavy atom. The van der Waals surface area contributed by atoms with Crippen LogP contribution in [0.2, 0.25) is 0 Å². The molecule has 80 valence electrons. The first kappa shape index (κ1) is 13.5. The molecule has 5 heteroatoms. The van der Waals surface area contributed by atoms with Gasteiger partial charge in [0.05, 0.1) is 19.1 Å². The molecule has 1 fully saturated rings. The van der Waals surface area contributed by atoms with Crippen molar-refractivity contribution in [1.29, 1.82) is 0 Å². The van der Waals surface area contributed by atoms with Crippen LogP contribution < -0.4 is 39.6 Å². The molecule has 0 saturated carbocycles. The van der Waals surface area contributed by atoms with E-state index >= 15 is 0 Å². The molecule has 0 bridgehead atoms. The number of hydrogen-bond donors (Lipinski definition) is 0. The molecule has 1 heterocycles. The number of aromatic carboxylic acids is 1. The molecule has 0 unspecified atom stereocenters. The van der Waals surface area contributed by atoms with E-state index in [0.717, 1.165) is 5.56 Å². The predicted octanol–water partition coefficient (Wildman–Crippen LogP) is -2.48. The molecular weight excluding hydrogens is 220 g/mol. The Hall–Kier alpha value is -0.580. The van der Waals surface area contributed by atoms with Gasteiger partial charge in [0.25, 0.3) is 0 Å². The number of carboxylic acids is 1. The summed E-state index contributed by atoms with van der Waals surface area (Å²) in [5.41, 5.74) is 1.65. The number of hydrogen-bond acceptors (Lipinski definition) is 3. The fraction of sp³-hybridized carbons (Fsp3) is 0.364. The summed E-state index contributed by atoms with van der Waals surface area (Å²) < 4.78 is 12.7. The number of carbonyl (C=O) groups is 1. The van der Waals surface area contributed by atoms with Crippen LogP contribution in [0.15, 0.2) is 18.2 Å². The maximum absolute atomic E-state index is 12.7. The summed E-state index contributed by atoms with van der Waals surface area (Å²) in [5, 5.41) is 10.8. The summed E-state index contributed by atoms with van der Waals surface area (Å²) in [4.78, 5) is 12.5. The van der Waals surface area contributed by atoms with Crippen LogP contribution in [0.5, 0.6) is 0 Å². The number of alkyl halides is 1. The molecule has 3 nitrogen and oxygen atoms in total. The Kier molecular flexibility index (Phi) is 4.35. The van der Waals surface area contributed by atoms with Crippen LogP contribution in [0.1, 0.15) is 15.9 Å². The van der Waals surface area contributed by atoms with Crippen molar-refractivity contribution >= 4 is 11.7 Å². The van der Waals surface area contributed by atoms with Crippen LogP contribution in [-0.4, -0.2) is 25.2 Å². The molecule has 1 saturated heterocycles. The first-order valence-electron chi connectivity index (χ1n) is 4.79. The van der Waals surface area contributed by atoms with E-state index in [1.807, 2.05) is 6.92 Å². The zero-order valence-electron chi connectivity index (χ0n) is 9.37. The van der Waals surface area contributed by atoms with Gasteiger partial charge < -0.3 is 14.8 Å². The summed E-state index contributed by atoms with van der Waals surface area (Å²) in [6.07, 6.45) is -0.847. The van der Waals surface area contributed by atoms with Gasteiger partial charge in [0, 0.05) is 11.3 Å². The van der Waals surface area contributed by atoms with Crippen LogP contribution in [0.3, 0.4) is 0 Å². The van der Waals surface area contributed by atoms with Gasteiger partial charge in [-0.25, -0.2) is 4.39 Å². The summed E-state index contributed by atoms with van der Waals surface area (Å²) >= 11 is 0. The summed E-state index contributed by atoms with van der Waals surface area (Å²) in [6, 6.07) is 4.96. The Morgan fingerprint density at radius 3 is 2.62 bits per heavy atom. The number of aryl methyl sites for hydroxylation is 1. The topological polar surface area (TPSA) is 43.4 Å². The maximum atomic E-state index is 12.7. The number of nitrogens with zero attached hydrogens (tertiary/aromatic N) is 1. The van der Waals surface area contributed by atoms with E-state index in [1.165, 1.54) is 6.07 Å². The van der Waals surface area contributed by atoms with Gasteiger partial charge >= 0.3 is 29.6 Å². The van der Waals surface area contributed by atoms with Crippen molar-refractivity contribution in [3.05, 3.63) is 29.3 Å². The first-order chi connectivity index (χ1) is 7.08. The van der Waals surface area contributed by atoms with Crippen molar-refractivity contribution in [2.24, 2.45) is 0 Å². The summed E-state index contributed by atoms with van der Waals surface area (Å²) in [5.74, 6) is -1.22. The number of anilines is 1. The molecular formula is C11H11FNNaO2. The van der Waals surface area contributed by atoms with Crippen molar-refractivity contribution in [1.82, 2.24) is 0 Å². The average Bonchev–Trinajstić information content (AvgIpc) is 2.12. The van der Waals surface area contributed by atoms with E-state index in [2.05, 4.69) is 0 Å². The fourth-order valence-corrected chi connectivity index (χ4v) is 1.70. The minimum Gasteiger partial charge on any atom is -0.545 e. The van der Waals surface area contributed by atoms with Crippen molar-refractivity contribution in [2.45, 2.75) is 13.1 Å². The van der Waals surface area contributed by atoms with Crippen molar-refractivity contribution < 1.29 is 43.8 Å². The second kappa shape index (κ2) is 5.17. The first-order valence-corrected chi connectivity index (χ1v) is 4.79. The molecule has 1 aromatic rings. The predicted molar refractivity (Wildman–Crippen MR) is 52.6 cm³/mol. The quantitative estimate of drug-likeness (QED) is 0.529. The van der Waals surface area contributed by atoms with E-state index in [-0.39, 0.29) is 48.2 Å². The molecule has 0 amide bonds. The monoisotopic (exact) mass is 231 g/mol. The third kappa shape index (κ3) is 2.56. The van der Waals surface area contributed by atoms with Crippen molar-refractivity contribution in [3.8, 4) is 0 Å². The van der Waals surface area contributed by atoms with Crippen LogP contribution >= 0.6 is 0 Å². The third-order valence-electron chi connectivity index (χ3n) is 2.55. The van der Waals surface area contributed by atoms with E-state index in [0.29, 0.717) is 5.69 Å². The Morgan fingerprint density at radius 2 is 2.12 bits per heavy atom. The Balaban J connectivity index is 0.00000128. The van der Waals surface area contributed by atoms with E-state index < -0.39 is 12.1 Å². The van der Waals surface area contributed by atoms with Crippen LogP contribution in [0, 0.1) is 6.92 Å². The van der Waals surface area contributed by atoms with Gasteiger partial charge in [0.2, 0.25) is 0 Å². The molecule has 1 aliphatic heterocycles. The van der Waals surface area contributed by atoms with E-state index in [9.17, 15) is 14.3 Å². The molecule has 0 atom stereocenters. The van der Waals surface area contributed by atoms with Gasteiger partial charge in [0.15, 0.2) is 0 Å². The van der Waals surface area contributed by atoms with Gasteiger partial charge in [0.1, 0.15) is 6.17 Å². The van der Waals surface area contributed by atoms with Crippen molar-refractivity contribution in [3.63, 3.8) is 0 Å². The minimum atomic E-state index is -1.22. The summed E-state index contributed by atoms with van der Waals surface area (Å²) in [6.45, 7) is 2.41. The van der Waals surface area contributed by atoms with Gasteiger partial charge in [-0.3, -0.25) is 0 Å². The van der Waals surface area contributed by atoms with Gasteiger partial charge in [-0.15, -0.1) is 0 Å². The number of carboxylic acid groups (broad SMARTS) is 1. The van der Waals surface area contributed by atoms with Crippen LogP contribution in [0.4, 0.5) is 10.1 Å². The van der Waals surface area contributed by atoms with Crippen LogP contribution in [-0.2, 0) is 0 Å². The smallest absolute Gasteiger partial charge is 0.545 e. The number of carbonyl (C=O) groups excluding carboxylic acids is 1. The largest absolute Gasteiger partial charge is 1.00 e. The van der Waals surface area contributed by atoms with Crippen LogP contribution in [0.25, 0.3) is 0 Å². The molecule has 0 spiro atoms. The zero-order valence-corrected chi connectivity index (χ0v) is 11.4. The second-order valence-corrected chi connectivity index (χ2v) is 3.81. The Labute approximate surface area is 116 Å². The fourth-order valence-electron chi connectivity index (χ4n) is 1.70. The standard InChI is InChI=1S/C11H12FNO2.Na/c1-7-2-3-9(11(14)15)10(4-7)13-5-8(12)6-13;/h2-4,8H,5-6H2,1H3,(H,14,15);/q;+1/p-1. The summed E-state index contributed by atoms with van der Waals surface area (Å²) in [7, 11) is 0. The van der Waals surface area contributed by atoms with Crippen molar-refractivity contribution in [2.75, 3.05) is 18.0 Å². The molecule has 1 aliphatic rings. The third-order valence-corrected chi connectivity index (χ3v) is 2.55. The molecule has 16 heavy (non-hydrogen) atoms.